The molecule has 1 heterocycles. The number of anilines is 2. The van der Waals surface area contributed by atoms with Crippen molar-refractivity contribution < 1.29 is 9.53 Å². The highest BCUT2D eigenvalue weighted by Gasteiger charge is 2.18. The third-order valence-electron chi connectivity index (χ3n) is 4.01. The Morgan fingerprint density at radius 2 is 1.95 bits per heavy atom. The van der Waals surface area contributed by atoms with Crippen LogP contribution in [0.1, 0.15) is 39.0 Å². The Kier molecular flexibility index (Phi) is 5.90. The molecule has 0 aliphatic carbocycles. The van der Waals surface area contributed by atoms with Gasteiger partial charge in [-0.3, -0.25) is 0 Å². The Balaban J connectivity index is 1.97. The average Bonchev–Trinajstić information content (AvgIpc) is 3.05. The number of esters is 1. The zero-order chi connectivity index (χ0) is 15.1. The molecule has 0 radical (unpaired) electrons. The molecule has 0 bridgehead atoms. The lowest BCUT2D eigenvalue weighted by molar-refractivity contribution is -0.141. The van der Waals surface area contributed by atoms with Gasteiger partial charge in [0.2, 0.25) is 0 Å². The molecule has 1 aromatic rings. The molecule has 4 heteroatoms. The van der Waals surface area contributed by atoms with E-state index in [1.807, 2.05) is 0 Å². The highest BCUT2D eigenvalue weighted by atomic mass is 16.5. The molecule has 1 saturated heterocycles. The Labute approximate surface area is 127 Å². The van der Waals surface area contributed by atoms with Gasteiger partial charge in [0.25, 0.3) is 0 Å². The molecule has 1 aromatic carbocycles. The lowest BCUT2D eigenvalue weighted by atomic mass is 10.1. The third kappa shape index (κ3) is 4.38. The quantitative estimate of drug-likeness (QED) is 0.781. The highest BCUT2D eigenvalue weighted by Crippen LogP contribution is 2.22. The van der Waals surface area contributed by atoms with Crippen LogP contribution in [-0.4, -0.2) is 32.2 Å². The number of benzene rings is 1. The van der Waals surface area contributed by atoms with Crippen molar-refractivity contribution in [3.8, 4) is 0 Å². The van der Waals surface area contributed by atoms with Gasteiger partial charge in [-0.2, -0.15) is 0 Å². The number of carbonyl (C=O) groups is 1. The summed E-state index contributed by atoms with van der Waals surface area (Å²) in [5, 5.41) is 3.29. The molecule has 1 aliphatic rings. The second-order valence-corrected chi connectivity index (χ2v) is 5.60. The van der Waals surface area contributed by atoms with Crippen LogP contribution >= 0.6 is 0 Å². The molecule has 21 heavy (non-hydrogen) atoms. The van der Waals surface area contributed by atoms with Gasteiger partial charge in [-0.25, -0.2) is 4.79 Å². The fraction of sp³-hybridized carbons (Fsp3) is 0.588. The molecule has 1 aliphatic heterocycles. The fourth-order valence-electron chi connectivity index (χ4n) is 2.74. The predicted molar refractivity (Wildman–Crippen MR) is 86.8 cm³/mol. The fourth-order valence-corrected chi connectivity index (χ4v) is 2.74. The summed E-state index contributed by atoms with van der Waals surface area (Å²) in [4.78, 5) is 14.2. The summed E-state index contributed by atoms with van der Waals surface area (Å²) < 4.78 is 4.88. The van der Waals surface area contributed by atoms with Gasteiger partial charge in [-0.05, 0) is 43.5 Å². The summed E-state index contributed by atoms with van der Waals surface area (Å²) in [5.74, 6) is -0.188. The van der Waals surface area contributed by atoms with Gasteiger partial charge in [-0.1, -0.05) is 19.8 Å². The predicted octanol–water partition coefficient (Wildman–Crippen LogP) is 3.43. The second kappa shape index (κ2) is 7.91. The number of unbranched alkanes of at least 4 members (excludes halogenated alkanes) is 1. The van der Waals surface area contributed by atoms with E-state index >= 15 is 0 Å². The van der Waals surface area contributed by atoms with Gasteiger partial charge in [0, 0.05) is 24.5 Å². The first-order valence-electron chi connectivity index (χ1n) is 7.94. The van der Waals surface area contributed by atoms with Crippen LogP contribution in [0.25, 0.3) is 0 Å². The Bertz CT molecular complexity index is 439. The first kappa shape index (κ1) is 15.7. The van der Waals surface area contributed by atoms with Crippen LogP contribution < -0.4 is 10.2 Å². The van der Waals surface area contributed by atoms with E-state index in [2.05, 4.69) is 41.4 Å². The number of hydrogen-bond acceptors (Lipinski definition) is 4. The van der Waals surface area contributed by atoms with Crippen LogP contribution in [0.3, 0.4) is 0 Å². The number of ether oxygens (including phenoxy) is 1. The first-order chi connectivity index (χ1) is 10.2. The number of carbonyl (C=O) groups excluding carboxylic acids is 1. The number of hydrogen-bond donors (Lipinski definition) is 1. The number of methoxy groups -OCH3 is 1. The van der Waals surface area contributed by atoms with E-state index in [0.717, 1.165) is 38.0 Å². The van der Waals surface area contributed by atoms with Gasteiger partial charge in [-0.15, -0.1) is 0 Å². The topological polar surface area (TPSA) is 41.6 Å². The van der Waals surface area contributed by atoms with Crippen LogP contribution in [0.15, 0.2) is 24.3 Å². The molecule has 1 atom stereocenters. The van der Waals surface area contributed by atoms with Gasteiger partial charge in [0.05, 0.1) is 7.11 Å². The molecule has 1 unspecified atom stereocenters. The molecule has 2 rings (SSSR count). The minimum Gasteiger partial charge on any atom is -0.467 e. The van der Waals surface area contributed by atoms with Crippen LogP contribution in [0.2, 0.25) is 0 Å². The summed E-state index contributed by atoms with van der Waals surface area (Å²) in [7, 11) is 1.44. The molecule has 1 N–H and O–H groups in total. The third-order valence-corrected chi connectivity index (χ3v) is 4.01. The second-order valence-electron chi connectivity index (χ2n) is 5.60. The molecule has 4 nitrogen and oxygen atoms in total. The Hall–Kier alpha value is -1.71. The Morgan fingerprint density at radius 1 is 1.29 bits per heavy atom. The van der Waals surface area contributed by atoms with Crippen LogP contribution in [0.4, 0.5) is 11.4 Å². The van der Waals surface area contributed by atoms with Crippen molar-refractivity contribution in [3.05, 3.63) is 24.3 Å². The Morgan fingerprint density at radius 3 is 2.52 bits per heavy atom. The van der Waals surface area contributed by atoms with Crippen LogP contribution in [-0.2, 0) is 9.53 Å². The molecule has 116 valence electrons. The minimum absolute atomic E-state index is 0.188. The molecule has 0 amide bonds. The van der Waals surface area contributed by atoms with E-state index in [1.165, 1.54) is 25.6 Å². The zero-order valence-electron chi connectivity index (χ0n) is 13.1. The minimum atomic E-state index is -0.257. The van der Waals surface area contributed by atoms with Crippen molar-refractivity contribution in [3.63, 3.8) is 0 Å². The van der Waals surface area contributed by atoms with Crippen LogP contribution in [0.5, 0.6) is 0 Å². The van der Waals surface area contributed by atoms with E-state index in [9.17, 15) is 4.79 Å². The smallest absolute Gasteiger partial charge is 0.328 e. The standard InChI is InChI=1S/C17H26N2O2/c1-3-4-7-16(17(20)21-2)18-14-8-10-15(11-9-14)19-12-5-6-13-19/h8-11,16,18H,3-7,12-13H2,1-2H3. The summed E-state index contributed by atoms with van der Waals surface area (Å²) in [5.41, 5.74) is 2.24. The van der Waals surface area contributed by atoms with Crippen molar-refractivity contribution in [2.45, 2.75) is 45.1 Å². The van der Waals surface area contributed by atoms with Crippen molar-refractivity contribution in [1.82, 2.24) is 0 Å². The average molecular weight is 290 g/mol. The van der Waals surface area contributed by atoms with Crippen molar-refractivity contribution in [2.24, 2.45) is 0 Å². The summed E-state index contributed by atoms with van der Waals surface area (Å²) in [6.45, 7) is 4.42. The maximum atomic E-state index is 11.8. The van der Waals surface area contributed by atoms with E-state index in [0.29, 0.717) is 0 Å². The molecule has 0 saturated carbocycles. The first-order valence-corrected chi connectivity index (χ1v) is 7.94. The van der Waals surface area contributed by atoms with Crippen molar-refractivity contribution in [1.29, 1.82) is 0 Å². The maximum absolute atomic E-state index is 11.8. The van der Waals surface area contributed by atoms with E-state index in [1.54, 1.807) is 0 Å². The van der Waals surface area contributed by atoms with Gasteiger partial charge in [0.15, 0.2) is 0 Å². The molecule has 1 fully saturated rings. The lowest BCUT2D eigenvalue weighted by Gasteiger charge is -2.20. The largest absolute Gasteiger partial charge is 0.467 e. The van der Waals surface area contributed by atoms with Crippen molar-refractivity contribution >= 4 is 17.3 Å². The lowest BCUT2D eigenvalue weighted by Crippen LogP contribution is -2.30. The number of rotatable bonds is 7. The SMILES string of the molecule is CCCCC(Nc1ccc(N2CCCC2)cc1)C(=O)OC. The number of nitrogens with zero attached hydrogens (tertiary/aromatic N) is 1. The van der Waals surface area contributed by atoms with E-state index < -0.39 is 0 Å². The summed E-state index contributed by atoms with van der Waals surface area (Å²) in [6, 6.07) is 8.10. The van der Waals surface area contributed by atoms with Gasteiger partial charge < -0.3 is 15.0 Å². The zero-order valence-corrected chi connectivity index (χ0v) is 13.1. The molecular weight excluding hydrogens is 264 g/mol. The van der Waals surface area contributed by atoms with Gasteiger partial charge >= 0.3 is 5.97 Å². The monoisotopic (exact) mass is 290 g/mol. The molecule has 0 aromatic heterocycles. The number of nitrogens with one attached hydrogen (secondary N) is 1. The van der Waals surface area contributed by atoms with E-state index in [4.69, 9.17) is 4.74 Å². The van der Waals surface area contributed by atoms with Crippen molar-refractivity contribution in [2.75, 3.05) is 30.4 Å². The van der Waals surface area contributed by atoms with Gasteiger partial charge in [0.1, 0.15) is 6.04 Å². The molecular formula is C17H26N2O2. The summed E-state index contributed by atoms with van der Waals surface area (Å²) in [6.07, 6.45) is 5.45. The van der Waals surface area contributed by atoms with Crippen LogP contribution in [0, 0.1) is 0 Å². The summed E-state index contributed by atoms with van der Waals surface area (Å²) >= 11 is 0. The molecule has 0 spiro atoms. The van der Waals surface area contributed by atoms with E-state index in [-0.39, 0.29) is 12.0 Å². The maximum Gasteiger partial charge on any atom is 0.328 e. The normalized spacial score (nSPS) is 15.8. The highest BCUT2D eigenvalue weighted by molar-refractivity contribution is 5.79.